The lowest BCUT2D eigenvalue weighted by Gasteiger charge is -2.33. The van der Waals surface area contributed by atoms with Crippen molar-refractivity contribution in [3.8, 4) is 0 Å². The van der Waals surface area contributed by atoms with Crippen LogP contribution in [0.15, 0.2) is 4.99 Å². The van der Waals surface area contributed by atoms with Crippen molar-refractivity contribution in [3.63, 3.8) is 0 Å². The van der Waals surface area contributed by atoms with Gasteiger partial charge in [0.1, 0.15) is 0 Å². The summed E-state index contributed by atoms with van der Waals surface area (Å²) < 4.78 is 0. The van der Waals surface area contributed by atoms with Crippen LogP contribution in [0.3, 0.4) is 0 Å². The Morgan fingerprint density at radius 3 is 2.62 bits per heavy atom. The van der Waals surface area contributed by atoms with Gasteiger partial charge in [-0.15, -0.1) is 0 Å². The van der Waals surface area contributed by atoms with Gasteiger partial charge < -0.3 is 15.1 Å². The Kier molecular flexibility index (Phi) is 6.81. The summed E-state index contributed by atoms with van der Waals surface area (Å²) in [6.07, 6.45) is 5.32. The fourth-order valence-electron chi connectivity index (χ4n) is 3.55. The molecule has 21 heavy (non-hydrogen) atoms. The van der Waals surface area contributed by atoms with Crippen LogP contribution >= 0.6 is 0 Å². The largest absolute Gasteiger partial charge is 0.357 e. The first-order valence-corrected chi connectivity index (χ1v) is 8.94. The Bertz CT molecular complexity index is 321. The molecule has 122 valence electrons. The van der Waals surface area contributed by atoms with Crippen molar-refractivity contribution in [3.05, 3.63) is 0 Å². The van der Waals surface area contributed by atoms with Gasteiger partial charge in [-0.1, -0.05) is 13.8 Å². The van der Waals surface area contributed by atoms with E-state index in [4.69, 9.17) is 4.99 Å². The van der Waals surface area contributed by atoms with E-state index in [0.29, 0.717) is 0 Å². The molecule has 0 aromatic heterocycles. The lowest BCUT2D eigenvalue weighted by Crippen LogP contribution is -2.41. The molecule has 2 fully saturated rings. The predicted octanol–water partition coefficient (Wildman–Crippen LogP) is 2.42. The van der Waals surface area contributed by atoms with E-state index in [-0.39, 0.29) is 0 Å². The Labute approximate surface area is 131 Å². The Balaban J connectivity index is 1.84. The highest BCUT2D eigenvalue weighted by Crippen LogP contribution is 2.18. The molecule has 1 atom stereocenters. The number of hydrogen-bond acceptors (Lipinski definition) is 2. The maximum absolute atomic E-state index is 4.94. The number of hydrogen-bond donors (Lipinski definition) is 1. The fraction of sp³-hybridized carbons (Fsp3) is 0.941. The summed E-state index contributed by atoms with van der Waals surface area (Å²) in [4.78, 5) is 10.0. The minimum atomic E-state index is 0.744. The lowest BCUT2D eigenvalue weighted by molar-refractivity contribution is 0.162. The molecular formula is C17H34N4. The summed E-state index contributed by atoms with van der Waals surface area (Å²) in [5.41, 5.74) is 0. The number of nitrogens with zero attached hydrogens (tertiary/aromatic N) is 3. The van der Waals surface area contributed by atoms with E-state index < -0.39 is 0 Å². The molecule has 0 saturated carbocycles. The molecule has 1 N–H and O–H groups in total. The van der Waals surface area contributed by atoms with Gasteiger partial charge in [0, 0.05) is 39.3 Å². The molecule has 1 unspecified atom stereocenters. The van der Waals surface area contributed by atoms with Crippen LogP contribution in [0.2, 0.25) is 0 Å². The minimum absolute atomic E-state index is 0.744. The molecule has 2 saturated heterocycles. The van der Waals surface area contributed by atoms with Crippen LogP contribution in [-0.2, 0) is 0 Å². The van der Waals surface area contributed by atoms with Crippen LogP contribution < -0.4 is 5.32 Å². The van der Waals surface area contributed by atoms with Crippen LogP contribution in [0.5, 0.6) is 0 Å². The average molecular weight is 294 g/mol. The van der Waals surface area contributed by atoms with Gasteiger partial charge in [-0.05, 0) is 51.0 Å². The molecule has 2 heterocycles. The standard InChI is InChI=1S/C17H34N4/c1-4-18-17(21-10-5-6-11-21)19-12-16-8-7-9-20(14-16)13-15(2)3/h15-16H,4-14H2,1-3H3,(H,18,19). The first-order valence-electron chi connectivity index (χ1n) is 8.94. The van der Waals surface area contributed by atoms with E-state index in [0.717, 1.165) is 30.9 Å². The van der Waals surface area contributed by atoms with Crippen molar-refractivity contribution >= 4 is 5.96 Å². The molecule has 0 radical (unpaired) electrons. The van der Waals surface area contributed by atoms with Crippen LogP contribution in [-0.4, -0.2) is 61.6 Å². The SMILES string of the molecule is CCNC(=NCC1CCCN(CC(C)C)C1)N1CCCC1. The monoisotopic (exact) mass is 294 g/mol. The zero-order valence-electron chi connectivity index (χ0n) is 14.3. The highest BCUT2D eigenvalue weighted by Gasteiger charge is 2.21. The predicted molar refractivity (Wildman–Crippen MR) is 90.8 cm³/mol. The number of nitrogens with one attached hydrogen (secondary N) is 1. The number of likely N-dealkylation sites (tertiary alicyclic amines) is 2. The summed E-state index contributed by atoms with van der Waals surface area (Å²) in [6.45, 7) is 14.9. The molecule has 0 aromatic rings. The number of guanidine groups is 1. The molecule has 2 aliphatic heterocycles. The second-order valence-corrected chi connectivity index (χ2v) is 7.05. The van der Waals surface area contributed by atoms with Gasteiger partial charge in [-0.25, -0.2) is 0 Å². The molecule has 4 heteroatoms. The Hall–Kier alpha value is -0.770. The fourth-order valence-corrected chi connectivity index (χ4v) is 3.55. The van der Waals surface area contributed by atoms with Crippen molar-refractivity contribution in [2.24, 2.45) is 16.8 Å². The zero-order valence-corrected chi connectivity index (χ0v) is 14.3. The Morgan fingerprint density at radius 2 is 1.95 bits per heavy atom. The third kappa shape index (κ3) is 5.50. The zero-order chi connectivity index (χ0) is 15.1. The molecule has 4 nitrogen and oxygen atoms in total. The highest BCUT2D eigenvalue weighted by molar-refractivity contribution is 5.80. The van der Waals surface area contributed by atoms with Crippen LogP contribution in [0.25, 0.3) is 0 Å². The summed E-state index contributed by atoms with van der Waals surface area (Å²) >= 11 is 0. The molecule has 0 bridgehead atoms. The first-order chi connectivity index (χ1) is 10.2. The normalized spacial score (nSPS) is 24.9. The smallest absolute Gasteiger partial charge is 0.193 e. The van der Waals surface area contributed by atoms with Gasteiger partial charge in [0.2, 0.25) is 0 Å². The number of piperidine rings is 1. The summed E-state index contributed by atoms with van der Waals surface area (Å²) in [6, 6.07) is 0. The van der Waals surface area contributed by atoms with Crippen LogP contribution in [0.1, 0.15) is 46.5 Å². The third-order valence-corrected chi connectivity index (χ3v) is 4.47. The molecule has 0 aliphatic carbocycles. The van der Waals surface area contributed by atoms with Crippen molar-refractivity contribution in [1.82, 2.24) is 15.1 Å². The van der Waals surface area contributed by atoms with E-state index >= 15 is 0 Å². The average Bonchev–Trinajstić information content (AvgIpc) is 2.97. The molecule has 0 amide bonds. The molecule has 0 spiro atoms. The quantitative estimate of drug-likeness (QED) is 0.624. The van der Waals surface area contributed by atoms with Gasteiger partial charge in [-0.3, -0.25) is 4.99 Å². The summed E-state index contributed by atoms with van der Waals surface area (Å²) in [5.74, 6) is 2.67. The summed E-state index contributed by atoms with van der Waals surface area (Å²) in [5, 5.41) is 3.47. The third-order valence-electron chi connectivity index (χ3n) is 4.47. The number of rotatable bonds is 5. The van der Waals surface area contributed by atoms with Crippen molar-refractivity contribution in [1.29, 1.82) is 0 Å². The van der Waals surface area contributed by atoms with E-state index in [1.165, 1.54) is 58.4 Å². The molecule has 2 aliphatic rings. The number of aliphatic imine (C=N–C) groups is 1. The Morgan fingerprint density at radius 1 is 1.19 bits per heavy atom. The second kappa shape index (κ2) is 8.62. The van der Waals surface area contributed by atoms with Crippen molar-refractivity contribution < 1.29 is 0 Å². The maximum atomic E-state index is 4.94. The highest BCUT2D eigenvalue weighted by atomic mass is 15.3. The molecular weight excluding hydrogens is 260 g/mol. The van der Waals surface area contributed by atoms with E-state index in [1.54, 1.807) is 0 Å². The van der Waals surface area contributed by atoms with E-state index in [1.807, 2.05) is 0 Å². The van der Waals surface area contributed by atoms with Gasteiger partial charge in [-0.2, -0.15) is 0 Å². The topological polar surface area (TPSA) is 30.9 Å². The lowest BCUT2D eigenvalue weighted by atomic mass is 9.97. The second-order valence-electron chi connectivity index (χ2n) is 7.05. The van der Waals surface area contributed by atoms with E-state index in [9.17, 15) is 0 Å². The first kappa shape index (κ1) is 16.6. The molecule has 2 rings (SSSR count). The van der Waals surface area contributed by atoms with Gasteiger partial charge in [0.15, 0.2) is 5.96 Å². The van der Waals surface area contributed by atoms with Gasteiger partial charge >= 0.3 is 0 Å². The van der Waals surface area contributed by atoms with Crippen LogP contribution in [0.4, 0.5) is 0 Å². The summed E-state index contributed by atoms with van der Waals surface area (Å²) in [7, 11) is 0. The van der Waals surface area contributed by atoms with Gasteiger partial charge in [0.25, 0.3) is 0 Å². The minimum Gasteiger partial charge on any atom is -0.357 e. The van der Waals surface area contributed by atoms with Gasteiger partial charge in [0.05, 0.1) is 0 Å². The maximum Gasteiger partial charge on any atom is 0.193 e. The molecule has 0 aromatic carbocycles. The van der Waals surface area contributed by atoms with E-state index in [2.05, 4.69) is 35.9 Å². The van der Waals surface area contributed by atoms with Crippen molar-refractivity contribution in [2.45, 2.75) is 46.5 Å². The van der Waals surface area contributed by atoms with Crippen LogP contribution in [0, 0.1) is 11.8 Å². The van der Waals surface area contributed by atoms with Crippen molar-refractivity contribution in [2.75, 3.05) is 45.8 Å².